The number of methoxy groups -OCH3 is 1. The van der Waals surface area contributed by atoms with Crippen molar-refractivity contribution in [3.63, 3.8) is 0 Å². The summed E-state index contributed by atoms with van der Waals surface area (Å²) in [6.07, 6.45) is 0. The first-order valence-corrected chi connectivity index (χ1v) is 7.90. The molecule has 0 radical (unpaired) electrons. The molecule has 0 saturated carbocycles. The Kier molecular flexibility index (Phi) is 4.76. The number of halogens is 1. The molecule has 0 spiro atoms. The van der Waals surface area contributed by atoms with E-state index in [-0.39, 0.29) is 12.2 Å². The van der Waals surface area contributed by atoms with Crippen molar-refractivity contribution < 1.29 is 18.7 Å². The topological polar surface area (TPSA) is 65.7 Å². The normalized spacial score (nSPS) is 10.7. The number of benzene rings is 2. The van der Waals surface area contributed by atoms with Gasteiger partial charge < -0.3 is 13.9 Å². The van der Waals surface area contributed by atoms with Gasteiger partial charge in [-0.05, 0) is 36.8 Å². The van der Waals surface area contributed by atoms with Crippen LogP contribution < -0.4 is 10.4 Å². The molecule has 1 aromatic heterocycles. The number of ether oxygens (including phenoxy) is 2. The Labute approximate surface area is 148 Å². The Morgan fingerprint density at radius 3 is 2.72 bits per heavy atom. The summed E-state index contributed by atoms with van der Waals surface area (Å²) in [7, 11) is 1.46. The highest BCUT2D eigenvalue weighted by Gasteiger charge is 2.16. The van der Waals surface area contributed by atoms with Crippen molar-refractivity contribution >= 4 is 28.5 Å². The molecule has 25 heavy (non-hydrogen) atoms. The van der Waals surface area contributed by atoms with Gasteiger partial charge >= 0.3 is 11.6 Å². The highest BCUT2D eigenvalue weighted by molar-refractivity contribution is 6.31. The van der Waals surface area contributed by atoms with E-state index in [1.807, 2.05) is 19.1 Å². The molecule has 0 amide bonds. The van der Waals surface area contributed by atoms with Crippen LogP contribution in [0, 0.1) is 6.92 Å². The van der Waals surface area contributed by atoms with E-state index in [0.29, 0.717) is 21.9 Å². The van der Waals surface area contributed by atoms with Gasteiger partial charge in [0.25, 0.3) is 0 Å². The summed E-state index contributed by atoms with van der Waals surface area (Å²) in [5, 5.41) is 1.12. The second-order valence-electron chi connectivity index (χ2n) is 5.51. The maximum absolute atomic E-state index is 12.4. The molecule has 5 nitrogen and oxygen atoms in total. The lowest BCUT2D eigenvalue weighted by molar-refractivity contribution is 0.0470. The van der Waals surface area contributed by atoms with Crippen LogP contribution in [0.15, 0.2) is 51.7 Å². The van der Waals surface area contributed by atoms with E-state index in [2.05, 4.69) is 0 Å². The van der Waals surface area contributed by atoms with Crippen LogP contribution in [0.1, 0.15) is 21.5 Å². The van der Waals surface area contributed by atoms with Crippen molar-refractivity contribution in [1.29, 1.82) is 0 Å². The predicted molar refractivity (Wildman–Crippen MR) is 94.3 cm³/mol. The van der Waals surface area contributed by atoms with E-state index in [1.165, 1.54) is 19.2 Å². The van der Waals surface area contributed by atoms with Crippen LogP contribution in [-0.2, 0) is 11.3 Å². The van der Waals surface area contributed by atoms with E-state index in [0.717, 1.165) is 10.9 Å². The van der Waals surface area contributed by atoms with Crippen molar-refractivity contribution in [2.75, 3.05) is 7.11 Å². The van der Waals surface area contributed by atoms with Crippen LogP contribution in [0.25, 0.3) is 11.0 Å². The number of hydrogen-bond donors (Lipinski definition) is 0. The van der Waals surface area contributed by atoms with E-state index in [4.69, 9.17) is 25.5 Å². The van der Waals surface area contributed by atoms with Crippen LogP contribution in [0.4, 0.5) is 0 Å². The van der Waals surface area contributed by atoms with Gasteiger partial charge in [-0.2, -0.15) is 0 Å². The van der Waals surface area contributed by atoms with Crippen LogP contribution in [0.5, 0.6) is 5.75 Å². The zero-order valence-corrected chi connectivity index (χ0v) is 14.4. The number of carbonyl (C=O) groups excluding carboxylic acids is 1. The smallest absolute Gasteiger partial charge is 0.342 e. The Balaban J connectivity index is 1.89. The van der Waals surface area contributed by atoms with Gasteiger partial charge in [0.2, 0.25) is 0 Å². The number of aryl methyl sites for hydroxylation is 1. The first-order chi connectivity index (χ1) is 12.0. The molecule has 0 aliphatic rings. The maximum atomic E-state index is 12.4. The zero-order valence-electron chi connectivity index (χ0n) is 13.7. The molecule has 0 bridgehead atoms. The SMILES string of the molecule is COc1ccc(Cl)cc1C(=O)OCc1cc(=O)oc2cc(C)ccc12. The third-order valence-corrected chi connectivity index (χ3v) is 3.96. The van der Waals surface area contributed by atoms with Crippen molar-refractivity contribution in [3.8, 4) is 5.75 Å². The summed E-state index contributed by atoms with van der Waals surface area (Å²) in [6.45, 7) is 1.83. The molecule has 3 aromatic rings. The van der Waals surface area contributed by atoms with E-state index in [1.54, 1.807) is 18.2 Å². The Bertz CT molecular complexity index is 1010. The summed E-state index contributed by atoms with van der Waals surface area (Å²) in [6, 6.07) is 11.5. The average molecular weight is 359 g/mol. The summed E-state index contributed by atoms with van der Waals surface area (Å²) in [5.74, 6) is -0.227. The highest BCUT2D eigenvalue weighted by atomic mass is 35.5. The summed E-state index contributed by atoms with van der Waals surface area (Å²) in [4.78, 5) is 24.1. The predicted octanol–water partition coefficient (Wildman–Crippen LogP) is 4.12. The fraction of sp³-hybridized carbons (Fsp3) is 0.158. The molecular formula is C19H15ClO5. The van der Waals surface area contributed by atoms with Crippen molar-refractivity contribution in [2.24, 2.45) is 0 Å². The Hall–Kier alpha value is -2.79. The fourth-order valence-corrected chi connectivity index (χ4v) is 2.69. The number of fused-ring (bicyclic) bond motifs is 1. The van der Waals surface area contributed by atoms with Gasteiger partial charge in [0.15, 0.2) is 0 Å². The van der Waals surface area contributed by atoms with Crippen LogP contribution in [0.2, 0.25) is 5.02 Å². The minimum absolute atomic E-state index is 0.0698. The number of esters is 1. The van der Waals surface area contributed by atoms with Crippen molar-refractivity contribution in [3.05, 3.63) is 74.6 Å². The molecule has 0 N–H and O–H groups in total. The summed E-state index contributed by atoms with van der Waals surface area (Å²) < 4.78 is 15.7. The molecule has 3 rings (SSSR count). The average Bonchev–Trinajstić information content (AvgIpc) is 2.58. The van der Waals surface area contributed by atoms with Crippen LogP contribution in [-0.4, -0.2) is 13.1 Å². The highest BCUT2D eigenvalue weighted by Crippen LogP contribution is 2.24. The van der Waals surface area contributed by atoms with E-state index in [9.17, 15) is 9.59 Å². The van der Waals surface area contributed by atoms with Gasteiger partial charge in [-0.1, -0.05) is 23.7 Å². The molecule has 1 heterocycles. The third kappa shape index (κ3) is 3.67. The minimum Gasteiger partial charge on any atom is -0.496 e. The monoisotopic (exact) mass is 358 g/mol. The molecule has 0 saturated heterocycles. The fourth-order valence-electron chi connectivity index (χ4n) is 2.52. The quantitative estimate of drug-likeness (QED) is 0.518. The lowest BCUT2D eigenvalue weighted by Crippen LogP contribution is -2.09. The first kappa shape index (κ1) is 17.0. The molecule has 0 aliphatic carbocycles. The lowest BCUT2D eigenvalue weighted by atomic mass is 10.1. The summed E-state index contributed by atoms with van der Waals surface area (Å²) >= 11 is 5.93. The van der Waals surface area contributed by atoms with Gasteiger partial charge in [-0.25, -0.2) is 9.59 Å². The van der Waals surface area contributed by atoms with Gasteiger partial charge in [0.05, 0.1) is 7.11 Å². The maximum Gasteiger partial charge on any atom is 0.342 e. The van der Waals surface area contributed by atoms with Gasteiger partial charge in [0, 0.05) is 22.0 Å². The molecule has 2 aromatic carbocycles. The van der Waals surface area contributed by atoms with Gasteiger partial charge in [-0.3, -0.25) is 0 Å². The summed E-state index contributed by atoms with van der Waals surface area (Å²) in [5.41, 5.74) is 1.72. The van der Waals surface area contributed by atoms with E-state index < -0.39 is 11.6 Å². The van der Waals surface area contributed by atoms with Gasteiger partial charge in [0.1, 0.15) is 23.5 Å². The molecule has 0 unspecified atom stereocenters. The third-order valence-electron chi connectivity index (χ3n) is 3.73. The zero-order chi connectivity index (χ0) is 18.0. The first-order valence-electron chi connectivity index (χ1n) is 7.52. The van der Waals surface area contributed by atoms with E-state index >= 15 is 0 Å². The molecule has 0 atom stereocenters. The van der Waals surface area contributed by atoms with Crippen molar-refractivity contribution in [2.45, 2.75) is 13.5 Å². The molecule has 128 valence electrons. The standard InChI is InChI=1S/C19H15ClO5/c1-11-3-5-14-12(8-18(21)25-17(14)7-11)10-24-19(22)15-9-13(20)4-6-16(15)23-2/h3-9H,10H2,1-2H3. The van der Waals surface area contributed by atoms with Crippen LogP contribution >= 0.6 is 11.6 Å². The molecular weight excluding hydrogens is 344 g/mol. The molecule has 6 heteroatoms. The number of carbonyl (C=O) groups is 1. The Morgan fingerprint density at radius 1 is 1.16 bits per heavy atom. The van der Waals surface area contributed by atoms with Crippen molar-refractivity contribution in [1.82, 2.24) is 0 Å². The molecule has 0 aliphatic heterocycles. The second-order valence-corrected chi connectivity index (χ2v) is 5.95. The number of hydrogen-bond acceptors (Lipinski definition) is 5. The largest absolute Gasteiger partial charge is 0.496 e. The minimum atomic E-state index is -0.590. The molecule has 0 fully saturated rings. The Morgan fingerprint density at radius 2 is 1.96 bits per heavy atom. The van der Waals surface area contributed by atoms with Crippen LogP contribution in [0.3, 0.4) is 0 Å². The lowest BCUT2D eigenvalue weighted by Gasteiger charge is -2.10. The van der Waals surface area contributed by atoms with Gasteiger partial charge in [-0.15, -0.1) is 0 Å². The number of rotatable bonds is 4. The second kappa shape index (κ2) is 6.99.